The van der Waals surface area contributed by atoms with E-state index < -0.39 is 0 Å². The molecule has 2 fully saturated rings. The molecule has 1 saturated heterocycles. The number of hydrogen-bond donors (Lipinski definition) is 0. The van der Waals surface area contributed by atoms with Crippen molar-refractivity contribution >= 4 is 11.6 Å². The maximum absolute atomic E-state index is 6.16. The zero-order chi connectivity index (χ0) is 12.6. The second-order valence-corrected chi connectivity index (χ2v) is 6.61. The molecule has 1 heterocycles. The van der Waals surface area contributed by atoms with Crippen molar-refractivity contribution in [2.75, 3.05) is 19.1 Å². The lowest BCUT2D eigenvalue weighted by Gasteiger charge is -2.23. The van der Waals surface area contributed by atoms with Gasteiger partial charge in [-0.1, -0.05) is 44.9 Å². The van der Waals surface area contributed by atoms with Crippen molar-refractivity contribution in [3.63, 3.8) is 0 Å². The van der Waals surface area contributed by atoms with Crippen LogP contribution in [-0.2, 0) is 4.74 Å². The van der Waals surface area contributed by atoms with E-state index in [9.17, 15) is 0 Å². The second kappa shape index (κ2) is 8.43. The van der Waals surface area contributed by atoms with Gasteiger partial charge < -0.3 is 4.74 Å². The number of halogens is 1. The van der Waals surface area contributed by atoms with Gasteiger partial charge in [0, 0.05) is 19.1 Å². The highest BCUT2D eigenvalue weighted by Gasteiger charge is 2.23. The summed E-state index contributed by atoms with van der Waals surface area (Å²) in [5.41, 5.74) is 0. The Morgan fingerprint density at radius 3 is 2.39 bits per heavy atom. The molecule has 2 rings (SSSR count). The Kier molecular flexibility index (Phi) is 6.86. The average molecular weight is 273 g/mol. The van der Waals surface area contributed by atoms with Gasteiger partial charge in [0.2, 0.25) is 0 Å². The first-order chi connectivity index (χ1) is 8.90. The van der Waals surface area contributed by atoms with E-state index in [-0.39, 0.29) is 0 Å². The number of hydrogen-bond acceptors (Lipinski definition) is 1. The zero-order valence-electron chi connectivity index (χ0n) is 11.7. The van der Waals surface area contributed by atoms with Crippen molar-refractivity contribution < 1.29 is 4.74 Å². The molecule has 1 unspecified atom stereocenters. The minimum absolute atomic E-state index is 0.809. The minimum atomic E-state index is 0.809. The van der Waals surface area contributed by atoms with Gasteiger partial charge in [-0.2, -0.15) is 0 Å². The Morgan fingerprint density at radius 2 is 1.72 bits per heavy atom. The molecule has 0 N–H and O–H groups in total. The smallest absolute Gasteiger partial charge is 0.0468 e. The van der Waals surface area contributed by atoms with Crippen molar-refractivity contribution in [1.29, 1.82) is 0 Å². The van der Waals surface area contributed by atoms with E-state index in [0.717, 1.165) is 36.8 Å². The molecule has 1 saturated carbocycles. The van der Waals surface area contributed by atoms with Gasteiger partial charge in [0.25, 0.3) is 0 Å². The second-order valence-electron chi connectivity index (χ2n) is 6.30. The summed E-state index contributed by atoms with van der Waals surface area (Å²) in [6, 6.07) is 0. The molecule has 2 aliphatic rings. The summed E-state index contributed by atoms with van der Waals surface area (Å²) in [4.78, 5) is 0. The topological polar surface area (TPSA) is 9.23 Å². The predicted octanol–water partition coefficient (Wildman–Crippen LogP) is 5.02. The van der Waals surface area contributed by atoms with E-state index in [4.69, 9.17) is 16.3 Å². The van der Waals surface area contributed by atoms with Crippen molar-refractivity contribution in [2.45, 2.75) is 64.2 Å². The van der Waals surface area contributed by atoms with Gasteiger partial charge in [0.1, 0.15) is 0 Å². The van der Waals surface area contributed by atoms with Crippen LogP contribution in [0.1, 0.15) is 64.2 Å². The first-order valence-corrected chi connectivity index (χ1v) is 8.57. The first kappa shape index (κ1) is 14.7. The molecule has 1 atom stereocenters. The fourth-order valence-electron chi connectivity index (χ4n) is 3.74. The third-order valence-electron chi connectivity index (χ3n) is 5.04. The van der Waals surface area contributed by atoms with Gasteiger partial charge in [-0.25, -0.2) is 0 Å². The number of unbranched alkanes of at least 4 members (excludes halogenated alkanes) is 1. The van der Waals surface area contributed by atoms with E-state index in [1.165, 1.54) is 64.2 Å². The summed E-state index contributed by atoms with van der Waals surface area (Å²) in [5, 5.41) is 0. The minimum Gasteiger partial charge on any atom is -0.381 e. The molecule has 1 nitrogen and oxygen atoms in total. The maximum Gasteiger partial charge on any atom is 0.0468 e. The van der Waals surface area contributed by atoms with Crippen molar-refractivity contribution in [3.8, 4) is 0 Å². The molecule has 0 spiro atoms. The maximum atomic E-state index is 6.16. The summed E-state index contributed by atoms with van der Waals surface area (Å²) in [6.07, 6.45) is 14.0. The van der Waals surface area contributed by atoms with Crippen LogP contribution in [0.25, 0.3) is 0 Å². The Labute approximate surface area is 118 Å². The fraction of sp³-hybridized carbons (Fsp3) is 1.00. The van der Waals surface area contributed by atoms with E-state index in [0.29, 0.717) is 0 Å². The van der Waals surface area contributed by atoms with Gasteiger partial charge >= 0.3 is 0 Å². The van der Waals surface area contributed by atoms with Crippen molar-refractivity contribution in [2.24, 2.45) is 17.8 Å². The fourth-order valence-corrected chi connectivity index (χ4v) is 4.15. The largest absolute Gasteiger partial charge is 0.381 e. The van der Waals surface area contributed by atoms with Crippen LogP contribution in [0.3, 0.4) is 0 Å². The van der Waals surface area contributed by atoms with Gasteiger partial charge in [-0.3, -0.25) is 0 Å². The Morgan fingerprint density at radius 1 is 1.00 bits per heavy atom. The summed E-state index contributed by atoms with van der Waals surface area (Å²) < 4.78 is 5.41. The molecule has 0 aromatic rings. The van der Waals surface area contributed by atoms with Gasteiger partial charge in [0.15, 0.2) is 0 Å². The molecule has 18 heavy (non-hydrogen) atoms. The standard InChI is InChI=1S/C16H29ClO/c17-13-16(15-6-3-4-7-15)8-2-1-5-14-9-11-18-12-10-14/h14-16H,1-13H2. The van der Waals surface area contributed by atoms with Crippen LogP contribution in [0.5, 0.6) is 0 Å². The third-order valence-corrected chi connectivity index (χ3v) is 5.44. The van der Waals surface area contributed by atoms with Crippen LogP contribution in [0.4, 0.5) is 0 Å². The average Bonchev–Trinajstić information content (AvgIpc) is 2.94. The molecule has 1 aliphatic heterocycles. The van der Waals surface area contributed by atoms with Gasteiger partial charge in [-0.05, 0) is 37.0 Å². The normalized spacial score (nSPS) is 24.5. The molecular weight excluding hydrogens is 244 g/mol. The lowest BCUT2D eigenvalue weighted by atomic mass is 9.86. The van der Waals surface area contributed by atoms with E-state index in [1.807, 2.05) is 0 Å². The van der Waals surface area contributed by atoms with Crippen LogP contribution in [-0.4, -0.2) is 19.1 Å². The molecule has 0 amide bonds. The molecule has 2 heteroatoms. The van der Waals surface area contributed by atoms with E-state index in [1.54, 1.807) is 0 Å². The SMILES string of the molecule is ClCC(CCCCC1CCOCC1)C1CCCC1. The highest BCUT2D eigenvalue weighted by Crippen LogP contribution is 2.35. The Bertz CT molecular complexity index is 207. The van der Waals surface area contributed by atoms with Crippen molar-refractivity contribution in [3.05, 3.63) is 0 Å². The van der Waals surface area contributed by atoms with Crippen LogP contribution in [0.2, 0.25) is 0 Å². The number of ether oxygens (including phenoxy) is 1. The highest BCUT2D eigenvalue weighted by atomic mass is 35.5. The molecule has 106 valence electrons. The quantitative estimate of drug-likeness (QED) is 0.467. The molecule has 0 bridgehead atoms. The zero-order valence-corrected chi connectivity index (χ0v) is 12.5. The summed E-state index contributed by atoms with van der Waals surface area (Å²) in [5.74, 6) is 3.59. The first-order valence-electron chi connectivity index (χ1n) is 8.04. The molecule has 0 radical (unpaired) electrons. The molecule has 1 aliphatic carbocycles. The number of alkyl halides is 1. The van der Waals surface area contributed by atoms with Crippen LogP contribution in [0.15, 0.2) is 0 Å². The van der Waals surface area contributed by atoms with Gasteiger partial charge in [0.05, 0.1) is 0 Å². The van der Waals surface area contributed by atoms with E-state index >= 15 is 0 Å². The Balaban J connectivity index is 1.55. The monoisotopic (exact) mass is 272 g/mol. The highest BCUT2D eigenvalue weighted by molar-refractivity contribution is 6.18. The number of rotatable bonds is 7. The predicted molar refractivity (Wildman–Crippen MR) is 78.2 cm³/mol. The lowest BCUT2D eigenvalue weighted by molar-refractivity contribution is 0.0629. The lowest BCUT2D eigenvalue weighted by Crippen LogP contribution is -2.16. The summed E-state index contributed by atoms with van der Waals surface area (Å²) >= 11 is 6.16. The molecular formula is C16H29ClO. The van der Waals surface area contributed by atoms with Crippen molar-refractivity contribution in [1.82, 2.24) is 0 Å². The summed E-state index contributed by atoms with van der Waals surface area (Å²) in [6.45, 7) is 1.99. The van der Waals surface area contributed by atoms with E-state index in [2.05, 4.69) is 0 Å². The third kappa shape index (κ3) is 4.74. The Hall–Kier alpha value is 0.250. The van der Waals surface area contributed by atoms with Crippen LogP contribution < -0.4 is 0 Å². The molecule has 0 aromatic heterocycles. The van der Waals surface area contributed by atoms with Crippen LogP contribution >= 0.6 is 11.6 Å². The van der Waals surface area contributed by atoms with Gasteiger partial charge in [-0.15, -0.1) is 11.6 Å². The van der Waals surface area contributed by atoms with Crippen LogP contribution in [0, 0.1) is 17.8 Å². The molecule has 0 aromatic carbocycles. The summed E-state index contributed by atoms with van der Waals surface area (Å²) in [7, 11) is 0.